The van der Waals surface area contributed by atoms with E-state index in [9.17, 15) is 0 Å². The molecule has 1 aromatic rings. The van der Waals surface area contributed by atoms with Gasteiger partial charge < -0.3 is 9.47 Å². The summed E-state index contributed by atoms with van der Waals surface area (Å²) in [5.41, 5.74) is 0. The van der Waals surface area contributed by atoms with Crippen LogP contribution in [0.3, 0.4) is 0 Å². The van der Waals surface area contributed by atoms with Gasteiger partial charge in [0, 0.05) is 13.7 Å². The van der Waals surface area contributed by atoms with Crippen LogP contribution in [0.4, 0.5) is 0 Å². The van der Waals surface area contributed by atoms with E-state index in [0.717, 1.165) is 19.6 Å². The molecule has 0 N–H and O–H groups in total. The Morgan fingerprint density at radius 3 is 2.85 bits per heavy atom. The normalized spacial score (nSPS) is 10.6. The molecule has 4 nitrogen and oxygen atoms in total. The van der Waals surface area contributed by atoms with E-state index in [-0.39, 0.29) is 0 Å². The van der Waals surface area contributed by atoms with E-state index in [1.807, 2.05) is 34.9 Å². The van der Waals surface area contributed by atoms with Gasteiger partial charge in [-0.25, -0.2) is 9.13 Å². The Morgan fingerprint density at radius 2 is 2.23 bits per heavy atom. The SMILES string of the molecule is COCCCOCn1cc[n+](C)c1. The first-order valence-electron chi connectivity index (χ1n) is 4.40. The zero-order valence-corrected chi connectivity index (χ0v) is 8.27. The van der Waals surface area contributed by atoms with Crippen molar-refractivity contribution in [2.75, 3.05) is 20.3 Å². The predicted octanol–water partition coefficient (Wildman–Crippen LogP) is 0.323. The molecular weight excluding hydrogens is 168 g/mol. The average Bonchev–Trinajstić information content (AvgIpc) is 2.51. The van der Waals surface area contributed by atoms with Crippen molar-refractivity contribution < 1.29 is 14.0 Å². The van der Waals surface area contributed by atoms with Crippen LogP contribution in [0.5, 0.6) is 0 Å². The molecule has 0 amide bonds. The summed E-state index contributed by atoms with van der Waals surface area (Å²) >= 11 is 0. The molecule has 0 unspecified atom stereocenters. The molecular formula is C9H17N2O2+. The lowest BCUT2D eigenvalue weighted by molar-refractivity contribution is -0.671. The van der Waals surface area contributed by atoms with Crippen LogP contribution in [0.1, 0.15) is 6.42 Å². The Bertz CT molecular complexity index is 235. The zero-order valence-electron chi connectivity index (χ0n) is 8.27. The second-order valence-electron chi connectivity index (χ2n) is 2.98. The summed E-state index contributed by atoms with van der Waals surface area (Å²) in [5, 5.41) is 0. The molecule has 0 atom stereocenters. The number of imidazole rings is 1. The van der Waals surface area contributed by atoms with Gasteiger partial charge in [0.05, 0.1) is 13.7 Å². The topological polar surface area (TPSA) is 27.3 Å². The highest BCUT2D eigenvalue weighted by molar-refractivity contribution is 4.63. The summed E-state index contributed by atoms with van der Waals surface area (Å²) in [6.07, 6.45) is 6.90. The molecule has 0 aromatic carbocycles. The molecule has 4 heteroatoms. The minimum atomic E-state index is 0.616. The van der Waals surface area contributed by atoms with Gasteiger partial charge in [-0.15, -0.1) is 0 Å². The minimum Gasteiger partial charge on any atom is -0.385 e. The highest BCUT2D eigenvalue weighted by atomic mass is 16.5. The largest absolute Gasteiger partial charge is 0.385 e. The molecule has 0 aliphatic carbocycles. The third-order valence-corrected chi connectivity index (χ3v) is 1.70. The second-order valence-corrected chi connectivity index (χ2v) is 2.98. The summed E-state index contributed by atoms with van der Waals surface area (Å²) in [6, 6.07) is 0. The van der Waals surface area contributed by atoms with Gasteiger partial charge >= 0.3 is 0 Å². The Morgan fingerprint density at radius 1 is 1.38 bits per heavy atom. The quantitative estimate of drug-likeness (QED) is 0.471. The van der Waals surface area contributed by atoms with Gasteiger partial charge in [0.25, 0.3) is 0 Å². The fourth-order valence-electron chi connectivity index (χ4n) is 1.05. The van der Waals surface area contributed by atoms with Crippen molar-refractivity contribution in [3.8, 4) is 0 Å². The molecule has 0 bridgehead atoms. The Kier molecular flexibility index (Phi) is 4.49. The molecule has 0 radical (unpaired) electrons. The fourth-order valence-corrected chi connectivity index (χ4v) is 1.05. The Hall–Kier alpha value is -0.870. The van der Waals surface area contributed by atoms with Crippen LogP contribution < -0.4 is 4.57 Å². The number of rotatable bonds is 6. The highest BCUT2D eigenvalue weighted by Gasteiger charge is 1.98. The molecule has 0 aliphatic rings. The van der Waals surface area contributed by atoms with Crippen LogP contribution >= 0.6 is 0 Å². The van der Waals surface area contributed by atoms with Gasteiger partial charge in [-0.05, 0) is 6.42 Å². The molecule has 74 valence electrons. The summed E-state index contributed by atoms with van der Waals surface area (Å²) < 4.78 is 14.3. The molecule has 1 heterocycles. The smallest absolute Gasteiger partial charge is 0.245 e. The van der Waals surface area contributed by atoms with Crippen molar-refractivity contribution in [2.45, 2.75) is 13.2 Å². The van der Waals surface area contributed by atoms with Crippen molar-refractivity contribution in [3.63, 3.8) is 0 Å². The second kappa shape index (κ2) is 5.72. The number of aryl methyl sites for hydroxylation is 1. The maximum Gasteiger partial charge on any atom is 0.245 e. The maximum absolute atomic E-state index is 5.40. The van der Waals surface area contributed by atoms with E-state index < -0.39 is 0 Å². The van der Waals surface area contributed by atoms with Crippen molar-refractivity contribution in [3.05, 3.63) is 18.7 Å². The summed E-state index contributed by atoms with van der Waals surface area (Å²) in [6.45, 7) is 2.12. The summed E-state index contributed by atoms with van der Waals surface area (Å²) in [5.74, 6) is 0. The van der Waals surface area contributed by atoms with Gasteiger partial charge in [0.15, 0.2) is 6.73 Å². The van der Waals surface area contributed by atoms with Crippen LogP contribution in [0, 0.1) is 0 Å². The first-order chi connectivity index (χ1) is 6.33. The lowest BCUT2D eigenvalue weighted by Crippen LogP contribution is -2.23. The van der Waals surface area contributed by atoms with E-state index >= 15 is 0 Å². The number of hydrogen-bond acceptors (Lipinski definition) is 2. The zero-order chi connectivity index (χ0) is 9.52. The van der Waals surface area contributed by atoms with Crippen molar-refractivity contribution in [1.82, 2.24) is 4.57 Å². The molecule has 1 rings (SSSR count). The molecule has 0 saturated heterocycles. The first-order valence-corrected chi connectivity index (χ1v) is 4.40. The van der Waals surface area contributed by atoms with Crippen LogP contribution in [-0.2, 0) is 23.3 Å². The molecule has 13 heavy (non-hydrogen) atoms. The van der Waals surface area contributed by atoms with Crippen LogP contribution in [-0.4, -0.2) is 24.9 Å². The van der Waals surface area contributed by atoms with E-state index in [1.54, 1.807) is 7.11 Å². The number of hydrogen-bond donors (Lipinski definition) is 0. The number of ether oxygens (including phenoxy) is 2. The molecule has 0 saturated carbocycles. The summed E-state index contributed by atoms with van der Waals surface area (Å²) in [4.78, 5) is 0. The lowest BCUT2D eigenvalue weighted by Gasteiger charge is -2.00. The highest BCUT2D eigenvalue weighted by Crippen LogP contribution is 1.88. The minimum absolute atomic E-state index is 0.616. The Labute approximate surface area is 78.7 Å². The van der Waals surface area contributed by atoms with E-state index in [0.29, 0.717) is 6.73 Å². The van der Waals surface area contributed by atoms with Gasteiger partial charge in [-0.3, -0.25) is 0 Å². The van der Waals surface area contributed by atoms with Crippen LogP contribution in [0.2, 0.25) is 0 Å². The number of aromatic nitrogens is 2. The molecule has 0 fully saturated rings. The maximum atomic E-state index is 5.40. The van der Waals surface area contributed by atoms with Crippen molar-refractivity contribution in [1.29, 1.82) is 0 Å². The average molecular weight is 185 g/mol. The van der Waals surface area contributed by atoms with Gasteiger partial charge in [0.1, 0.15) is 12.4 Å². The monoisotopic (exact) mass is 185 g/mol. The molecule has 1 aromatic heterocycles. The van der Waals surface area contributed by atoms with Crippen molar-refractivity contribution in [2.24, 2.45) is 7.05 Å². The lowest BCUT2D eigenvalue weighted by atomic mass is 10.5. The first kappa shape index (κ1) is 10.2. The van der Waals surface area contributed by atoms with E-state index in [1.165, 1.54) is 0 Å². The van der Waals surface area contributed by atoms with Gasteiger partial charge in [-0.1, -0.05) is 0 Å². The standard InChI is InChI=1S/C9H17N2O2/c1-10-4-5-11(8-10)9-13-7-3-6-12-2/h4-5,8H,3,6-7,9H2,1-2H3/q+1. The third kappa shape index (κ3) is 4.05. The van der Waals surface area contributed by atoms with Crippen LogP contribution in [0.25, 0.3) is 0 Å². The molecule has 0 aliphatic heterocycles. The number of methoxy groups -OCH3 is 1. The third-order valence-electron chi connectivity index (χ3n) is 1.70. The predicted molar refractivity (Wildman–Crippen MR) is 48.1 cm³/mol. The Balaban J connectivity index is 2.06. The fraction of sp³-hybridized carbons (Fsp3) is 0.667. The van der Waals surface area contributed by atoms with E-state index in [4.69, 9.17) is 9.47 Å². The summed E-state index contributed by atoms with van der Waals surface area (Å²) in [7, 11) is 3.69. The van der Waals surface area contributed by atoms with Crippen molar-refractivity contribution >= 4 is 0 Å². The molecule has 0 spiro atoms. The van der Waals surface area contributed by atoms with E-state index in [2.05, 4.69) is 0 Å². The van der Waals surface area contributed by atoms with Gasteiger partial charge in [-0.2, -0.15) is 0 Å². The van der Waals surface area contributed by atoms with Crippen LogP contribution in [0.15, 0.2) is 18.7 Å². The van der Waals surface area contributed by atoms with Gasteiger partial charge in [0.2, 0.25) is 6.33 Å². The number of nitrogens with zero attached hydrogens (tertiary/aromatic N) is 2.